The number of fused-ring (bicyclic) bond motifs is 3. The molecule has 4 rings (SSSR count). The molecule has 2 heterocycles. The lowest BCUT2D eigenvalue weighted by molar-refractivity contribution is -0.237. The third kappa shape index (κ3) is 1.53. The largest absolute Gasteiger partial charge is 0.487 e. The van der Waals surface area contributed by atoms with Crippen molar-refractivity contribution in [1.29, 1.82) is 0 Å². The van der Waals surface area contributed by atoms with E-state index in [1.807, 2.05) is 0 Å². The normalized spacial score (nSPS) is 42.2. The first-order valence-electron chi connectivity index (χ1n) is 7.45. The Kier molecular flexibility index (Phi) is 2.20. The van der Waals surface area contributed by atoms with Crippen molar-refractivity contribution < 1.29 is 9.47 Å². The van der Waals surface area contributed by atoms with E-state index in [9.17, 15) is 0 Å². The zero-order chi connectivity index (χ0) is 13.3. The molecule has 1 saturated heterocycles. The highest BCUT2D eigenvalue weighted by molar-refractivity contribution is 5.40. The van der Waals surface area contributed by atoms with Crippen molar-refractivity contribution in [3.8, 4) is 5.75 Å². The van der Waals surface area contributed by atoms with Crippen LogP contribution >= 0.6 is 0 Å². The summed E-state index contributed by atoms with van der Waals surface area (Å²) in [6.07, 6.45) is 3.82. The van der Waals surface area contributed by atoms with E-state index in [1.165, 1.54) is 18.4 Å². The average molecular weight is 258 g/mol. The van der Waals surface area contributed by atoms with Crippen LogP contribution in [0, 0.1) is 11.8 Å². The molecule has 19 heavy (non-hydrogen) atoms. The Morgan fingerprint density at radius 3 is 2.79 bits per heavy atom. The number of para-hydroxylation sites is 1. The number of ether oxygens (including phenoxy) is 2. The summed E-state index contributed by atoms with van der Waals surface area (Å²) in [7, 11) is 0. The molecule has 2 bridgehead atoms. The van der Waals surface area contributed by atoms with Gasteiger partial charge in [0.05, 0.1) is 11.7 Å². The van der Waals surface area contributed by atoms with E-state index in [2.05, 4.69) is 45.0 Å². The zero-order valence-corrected chi connectivity index (χ0v) is 12.0. The lowest BCUT2D eigenvalue weighted by Crippen LogP contribution is -2.58. The lowest BCUT2D eigenvalue weighted by Gasteiger charge is -2.58. The fourth-order valence-corrected chi connectivity index (χ4v) is 4.37. The van der Waals surface area contributed by atoms with Gasteiger partial charge in [0.25, 0.3) is 0 Å². The summed E-state index contributed by atoms with van der Waals surface area (Å²) in [5.74, 6) is 2.22. The average Bonchev–Trinajstić information content (AvgIpc) is 2.36. The van der Waals surface area contributed by atoms with Crippen molar-refractivity contribution in [2.45, 2.75) is 57.3 Å². The quantitative estimate of drug-likeness (QED) is 0.697. The molecule has 1 saturated carbocycles. The first-order valence-corrected chi connectivity index (χ1v) is 7.45. The maximum absolute atomic E-state index is 6.52. The van der Waals surface area contributed by atoms with E-state index < -0.39 is 0 Å². The van der Waals surface area contributed by atoms with Crippen LogP contribution < -0.4 is 4.74 Å². The first kappa shape index (κ1) is 11.8. The third-order valence-electron chi connectivity index (χ3n) is 5.66. The highest BCUT2D eigenvalue weighted by Crippen LogP contribution is 2.59. The van der Waals surface area contributed by atoms with Gasteiger partial charge in [-0.3, -0.25) is 0 Å². The van der Waals surface area contributed by atoms with Crippen molar-refractivity contribution in [2.24, 2.45) is 11.8 Å². The second-order valence-corrected chi connectivity index (χ2v) is 7.17. The Labute approximate surface area is 115 Å². The van der Waals surface area contributed by atoms with Crippen molar-refractivity contribution in [3.05, 3.63) is 29.8 Å². The summed E-state index contributed by atoms with van der Waals surface area (Å²) in [5.41, 5.74) is 1.21. The number of hydrogen-bond donors (Lipinski definition) is 0. The fourth-order valence-electron chi connectivity index (χ4n) is 4.37. The van der Waals surface area contributed by atoms with E-state index in [0.29, 0.717) is 11.8 Å². The van der Waals surface area contributed by atoms with E-state index in [4.69, 9.17) is 9.47 Å². The number of benzene rings is 1. The standard InChI is InChI=1S/C17H22O2/c1-16(2)11-8-9-17(3)13(10-11)15(19-16)12-6-4-5-7-14(12)18-17/h4-7,11,13,15H,8-10H2,1-3H3. The Morgan fingerprint density at radius 2 is 1.95 bits per heavy atom. The highest BCUT2D eigenvalue weighted by Gasteiger charge is 2.57. The summed E-state index contributed by atoms with van der Waals surface area (Å²) >= 11 is 0. The highest BCUT2D eigenvalue weighted by atomic mass is 16.5. The van der Waals surface area contributed by atoms with Gasteiger partial charge in [-0.1, -0.05) is 18.2 Å². The van der Waals surface area contributed by atoms with Gasteiger partial charge in [-0.15, -0.1) is 0 Å². The molecule has 0 N–H and O–H groups in total. The Bertz CT molecular complexity index is 522. The predicted octanol–water partition coefficient (Wildman–Crippen LogP) is 4.10. The van der Waals surface area contributed by atoms with Crippen LogP contribution in [0.4, 0.5) is 0 Å². The Balaban J connectivity index is 1.86. The molecule has 0 spiro atoms. The van der Waals surface area contributed by atoms with Gasteiger partial charge in [-0.2, -0.15) is 0 Å². The van der Waals surface area contributed by atoms with E-state index in [-0.39, 0.29) is 17.3 Å². The van der Waals surface area contributed by atoms with Gasteiger partial charge in [0.15, 0.2) is 0 Å². The molecule has 2 heteroatoms. The summed E-state index contributed by atoms with van der Waals surface area (Å²) < 4.78 is 12.9. The molecule has 4 atom stereocenters. The lowest BCUT2D eigenvalue weighted by atomic mass is 9.61. The zero-order valence-electron chi connectivity index (χ0n) is 12.0. The van der Waals surface area contributed by atoms with Crippen LogP contribution in [-0.4, -0.2) is 11.2 Å². The van der Waals surface area contributed by atoms with Crippen LogP contribution in [0.25, 0.3) is 0 Å². The second kappa shape index (κ2) is 3.54. The predicted molar refractivity (Wildman–Crippen MR) is 74.2 cm³/mol. The van der Waals surface area contributed by atoms with Crippen LogP contribution in [0.1, 0.15) is 51.7 Å². The third-order valence-corrected chi connectivity index (χ3v) is 5.66. The van der Waals surface area contributed by atoms with Crippen LogP contribution in [-0.2, 0) is 4.74 Å². The molecule has 4 unspecified atom stereocenters. The Hall–Kier alpha value is -1.02. The van der Waals surface area contributed by atoms with Gasteiger partial charge >= 0.3 is 0 Å². The minimum atomic E-state index is -0.0357. The van der Waals surface area contributed by atoms with Gasteiger partial charge in [0, 0.05) is 11.5 Å². The van der Waals surface area contributed by atoms with Crippen molar-refractivity contribution >= 4 is 0 Å². The Morgan fingerprint density at radius 1 is 1.16 bits per heavy atom. The summed E-state index contributed by atoms with van der Waals surface area (Å²) in [6.45, 7) is 6.79. The SMILES string of the molecule is CC1(C)OC2c3ccccc3OC3(C)CCC1CC23. The van der Waals surface area contributed by atoms with Crippen LogP contribution in [0.15, 0.2) is 24.3 Å². The molecule has 0 amide bonds. The minimum absolute atomic E-state index is 0.00700. The van der Waals surface area contributed by atoms with Crippen LogP contribution in [0.5, 0.6) is 5.75 Å². The monoisotopic (exact) mass is 258 g/mol. The van der Waals surface area contributed by atoms with Crippen LogP contribution in [0.2, 0.25) is 0 Å². The molecule has 3 aliphatic rings. The molecule has 1 aromatic carbocycles. The molecular formula is C17H22O2. The maximum atomic E-state index is 6.52. The molecule has 2 aliphatic heterocycles. The second-order valence-electron chi connectivity index (χ2n) is 7.17. The topological polar surface area (TPSA) is 18.5 Å². The summed E-state index contributed by atoms with van der Waals surface area (Å²) in [6, 6.07) is 8.41. The molecule has 0 aromatic heterocycles. The molecule has 1 aliphatic carbocycles. The van der Waals surface area contributed by atoms with Crippen molar-refractivity contribution in [1.82, 2.24) is 0 Å². The van der Waals surface area contributed by atoms with Gasteiger partial charge in [0.1, 0.15) is 11.4 Å². The summed E-state index contributed by atoms with van der Waals surface area (Å²) in [4.78, 5) is 0. The molecule has 102 valence electrons. The van der Waals surface area contributed by atoms with Crippen molar-refractivity contribution in [3.63, 3.8) is 0 Å². The van der Waals surface area contributed by atoms with E-state index in [1.54, 1.807) is 0 Å². The van der Waals surface area contributed by atoms with E-state index >= 15 is 0 Å². The fraction of sp³-hybridized carbons (Fsp3) is 0.647. The molecule has 2 fully saturated rings. The van der Waals surface area contributed by atoms with Gasteiger partial charge in [-0.25, -0.2) is 0 Å². The smallest absolute Gasteiger partial charge is 0.125 e. The number of hydrogen-bond acceptors (Lipinski definition) is 2. The first-order chi connectivity index (χ1) is 9.00. The van der Waals surface area contributed by atoms with Crippen LogP contribution in [0.3, 0.4) is 0 Å². The maximum Gasteiger partial charge on any atom is 0.125 e. The van der Waals surface area contributed by atoms with Crippen molar-refractivity contribution in [2.75, 3.05) is 0 Å². The molecule has 0 radical (unpaired) electrons. The van der Waals surface area contributed by atoms with E-state index in [0.717, 1.165) is 12.2 Å². The molecule has 2 nitrogen and oxygen atoms in total. The van der Waals surface area contributed by atoms with Gasteiger partial charge < -0.3 is 9.47 Å². The molecule has 1 aromatic rings. The minimum Gasteiger partial charge on any atom is -0.487 e. The molecular weight excluding hydrogens is 236 g/mol. The van der Waals surface area contributed by atoms with Gasteiger partial charge in [-0.05, 0) is 52.0 Å². The number of rotatable bonds is 0. The summed E-state index contributed by atoms with van der Waals surface area (Å²) in [5, 5.41) is 0. The van der Waals surface area contributed by atoms with Gasteiger partial charge in [0.2, 0.25) is 0 Å².